The van der Waals surface area contributed by atoms with Crippen molar-refractivity contribution in [2.24, 2.45) is 0 Å². The molecular weight excluding hydrogens is 381 g/mol. The van der Waals surface area contributed by atoms with Gasteiger partial charge < -0.3 is 10.1 Å². The maximum atomic E-state index is 13.4. The lowest BCUT2D eigenvalue weighted by atomic mass is 10.2. The van der Waals surface area contributed by atoms with E-state index < -0.39 is 0 Å². The minimum Gasteiger partial charge on any atom is -0.439 e. The molecule has 0 aliphatic heterocycles. The number of nitrogens with zero attached hydrogens (tertiary/aromatic N) is 2. The molecule has 1 N–H and O–H groups in total. The van der Waals surface area contributed by atoms with Crippen molar-refractivity contribution in [2.75, 3.05) is 5.32 Å². The third kappa shape index (κ3) is 4.67. The van der Waals surface area contributed by atoms with Gasteiger partial charge in [0.05, 0.1) is 0 Å². The molecule has 0 aliphatic carbocycles. The van der Waals surface area contributed by atoms with Crippen molar-refractivity contribution in [2.45, 2.75) is 6.92 Å². The monoisotopic (exact) mass is 399 g/mol. The summed E-state index contributed by atoms with van der Waals surface area (Å²) in [6.45, 7) is 1.99. The van der Waals surface area contributed by atoms with Crippen LogP contribution in [-0.4, -0.2) is 15.9 Å². The SMILES string of the molecule is Cc1ccc(NC(=O)c2ccc(Oc3ccnc(-c4cccc(F)c4)n3)cc2)cc1. The Balaban J connectivity index is 1.45. The van der Waals surface area contributed by atoms with Crippen LogP contribution in [0, 0.1) is 12.7 Å². The van der Waals surface area contributed by atoms with Crippen molar-refractivity contribution >= 4 is 11.6 Å². The van der Waals surface area contributed by atoms with Gasteiger partial charge in [-0.05, 0) is 55.5 Å². The molecule has 1 amide bonds. The number of ether oxygens (including phenoxy) is 1. The van der Waals surface area contributed by atoms with Gasteiger partial charge in [0.25, 0.3) is 5.91 Å². The Morgan fingerprint density at radius 3 is 2.47 bits per heavy atom. The Kier molecular flexibility index (Phi) is 5.48. The highest BCUT2D eigenvalue weighted by atomic mass is 19.1. The molecule has 0 spiro atoms. The molecule has 0 saturated carbocycles. The predicted molar refractivity (Wildman–Crippen MR) is 113 cm³/mol. The number of benzene rings is 3. The molecule has 3 aromatic carbocycles. The largest absolute Gasteiger partial charge is 0.439 e. The number of aryl methyl sites for hydroxylation is 1. The van der Waals surface area contributed by atoms with Crippen molar-refractivity contribution in [1.82, 2.24) is 9.97 Å². The second kappa shape index (κ2) is 8.53. The fourth-order valence-corrected chi connectivity index (χ4v) is 2.80. The van der Waals surface area contributed by atoms with Crippen molar-refractivity contribution in [3.63, 3.8) is 0 Å². The molecule has 4 rings (SSSR count). The van der Waals surface area contributed by atoms with Crippen molar-refractivity contribution in [3.05, 3.63) is 102 Å². The average molecular weight is 399 g/mol. The van der Waals surface area contributed by atoms with E-state index in [4.69, 9.17) is 4.74 Å². The standard InChI is InChI=1S/C24H18FN3O2/c1-16-5-9-20(10-6-16)27-24(29)17-7-11-21(12-8-17)30-22-13-14-26-23(28-22)18-3-2-4-19(25)15-18/h2-15H,1H3,(H,27,29). The molecule has 0 atom stereocenters. The summed E-state index contributed by atoms with van der Waals surface area (Å²) in [5.74, 6) is 0.635. The summed E-state index contributed by atoms with van der Waals surface area (Å²) < 4.78 is 19.2. The van der Waals surface area contributed by atoms with E-state index in [-0.39, 0.29) is 11.7 Å². The van der Waals surface area contributed by atoms with E-state index in [2.05, 4.69) is 15.3 Å². The zero-order valence-electron chi connectivity index (χ0n) is 16.2. The van der Waals surface area contributed by atoms with E-state index in [9.17, 15) is 9.18 Å². The lowest BCUT2D eigenvalue weighted by Gasteiger charge is -2.08. The van der Waals surface area contributed by atoms with Crippen LogP contribution in [0.1, 0.15) is 15.9 Å². The summed E-state index contributed by atoms with van der Waals surface area (Å²) in [4.78, 5) is 20.9. The summed E-state index contributed by atoms with van der Waals surface area (Å²) >= 11 is 0. The summed E-state index contributed by atoms with van der Waals surface area (Å²) in [7, 11) is 0. The van der Waals surface area contributed by atoms with Crippen molar-refractivity contribution in [3.8, 4) is 23.0 Å². The van der Waals surface area contributed by atoms with Gasteiger partial charge in [0, 0.05) is 29.1 Å². The molecule has 0 fully saturated rings. The summed E-state index contributed by atoms with van der Waals surface area (Å²) in [5, 5.41) is 2.85. The molecule has 1 heterocycles. The van der Waals surface area contributed by atoms with Gasteiger partial charge in [0.1, 0.15) is 11.6 Å². The van der Waals surface area contributed by atoms with Crippen molar-refractivity contribution < 1.29 is 13.9 Å². The second-order valence-corrected chi connectivity index (χ2v) is 6.68. The number of hydrogen-bond acceptors (Lipinski definition) is 4. The van der Waals surface area contributed by atoms with Crippen LogP contribution in [-0.2, 0) is 0 Å². The van der Waals surface area contributed by atoms with Gasteiger partial charge in [0.15, 0.2) is 5.82 Å². The lowest BCUT2D eigenvalue weighted by Crippen LogP contribution is -2.11. The normalized spacial score (nSPS) is 10.5. The van der Waals surface area contributed by atoms with Gasteiger partial charge >= 0.3 is 0 Å². The summed E-state index contributed by atoms with van der Waals surface area (Å²) in [5.41, 5.74) is 2.92. The number of carbonyl (C=O) groups is 1. The van der Waals surface area contributed by atoms with E-state index >= 15 is 0 Å². The first kappa shape index (κ1) is 19.3. The molecule has 0 bridgehead atoms. The van der Waals surface area contributed by atoms with Gasteiger partial charge in [-0.1, -0.05) is 29.8 Å². The molecule has 6 heteroatoms. The molecule has 30 heavy (non-hydrogen) atoms. The van der Waals surface area contributed by atoms with Crippen LogP contribution in [0.15, 0.2) is 85.1 Å². The average Bonchev–Trinajstić information content (AvgIpc) is 2.76. The predicted octanol–water partition coefficient (Wildman–Crippen LogP) is 5.64. The minimum atomic E-state index is -0.359. The zero-order chi connectivity index (χ0) is 20.9. The molecule has 0 radical (unpaired) electrons. The molecular formula is C24H18FN3O2. The zero-order valence-corrected chi connectivity index (χ0v) is 16.2. The van der Waals surface area contributed by atoms with Gasteiger partial charge in [0.2, 0.25) is 5.88 Å². The second-order valence-electron chi connectivity index (χ2n) is 6.68. The van der Waals surface area contributed by atoms with Gasteiger partial charge in [-0.15, -0.1) is 0 Å². The van der Waals surface area contributed by atoms with Crippen LogP contribution in [0.2, 0.25) is 0 Å². The Hall–Kier alpha value is -4.06. The third-order valence-electron chi connectivity index (χ3n) is 4.36. The topological polar surface area (TPSA) is 64.1 Å². The van der Waals surface area contributed by atoms with Crippen LogP contribution < -0.4 is 10.1 Å². The fourth-order valence-electron chi connectivity index (χ4n) is 2.80. The van der Waals surface area contributed by atoms with E-state index in [1.165, 1.54) is 12.1 Å². The van der Waals surface area contributed by atoms with E-state index in [0.717, 1.165) is 11.3 Å². The summed E-state index contributed by atoms with van der Waals surface area (Å²) in [6, 6.07) is 22.0. The van der Waals surface area contributed by atoms with Gasteiger partial charge in [-0.25, -0.2) is 9.37 Å². The Bertz CT molecular complexity index is 1180. The Labute approximate surface area is 173 Å². The minimum absolute atomic E-state index is 0.208. The first-order valence-electron chi connectivity index (χ1n) is 9.32. The highest BCUT2D eigenvalue weighted by Gasteiger charge is 2.08. The smallest absolute Gasteiger partial charge is 0.255 e. The lowest BCUT2D eigenvalue weighted by molar-refractivity contribution is 0.102. The number of nitrogens with one attached hydrogen (secondary N) is 1. The first-order valence-corrected chi connectivity index (χ1v) is 9.32. The molecule has 0 unspecified atom stereocenters. The van der Waals surface area contributed by atoms with E-state index in [1.807, 2.05) is 31.2 Å². The van der Waals surface area contributed by atoms with Gasteiger partial charge in [-0.3, -0.25) is 4.79 Å². The molecule has 1 aromatic heterocycles. The molecule has 0 saturated heterocycles. The van der Waals surface area contributed by atoms with Crippen LogP contribution >= 0.6 is 0 Å². The van der Waals surface area contributed by atoms with Crippen LogP contribution in [0.4, 0.5) is 10.1 Å². The van der Waals surface area contributed by atoms with E-state index in [1.54, 1.807) is 48.7 Å². The number of rotatable bonds is 5. The highest BCUT2D eigenvalue weighted by Crippen LogP contribution is 2.23. The Morgan fingerprint density at radius 2 is 1.73 bits per heavy atom. The highest BCUT2D eigenvalue weighted by molar-refractivity contribution is 6.04. The fraction of sp³-hybridized carbons (Fsp3) is 0.0417. The van der Waals surface area contributed by atoms with Crippen molar-refractivity contribution in [1.29, 1.82) is 0 Å². The van der Waals surface area contributed by atoms with Gasteiger partial charge in [-0.2, -0.15) is 4.98 Å². The Morgan fingerprint density at radius 1 is 0.967 bits per heavy atom. The number of aromatic nitrogens is 2. The van der Waals surface area contributed by atoms with Crippen LogP contribution in [0.3, 0.4) is 0 Å². The molecule has 0 aliphatic rings. The van der Waals surface area contributed by atoms with Crippen LogP contribution in [0.5, 0.6) is 11.6 Å². The van der Waals surface area contributed by atoms with E-state index in [0.29, 0.717) is 28.6 Å². The number of carbonyl (C=O) groups excluding carboxylic acids is 1. The molecule has 5 nitrogen and oxygen atoms in total. The maximum absolute atomic E-state index is 13.4. The molecule has 148 valence electrons. The summed E-state index contributed by atoms with van der Waals surface area (Å²) in [6.07, 6.45) is 1.55. The third-order valence-corrected chi connectivity index (χ3v) is 4.36. The maximum Gasteiger partial charge on any atom is 0.255 e. The number of anilines is 1. The first-order chi connectivity index (χ1) is 14.6. The quantitative estimate of drug-likeness (QED) is 0.472. The van der Waals surface area contributed by atoms with Crippen LogP contribution in [0.25, 0.3) is 11.4 Å². The number of hydrogen-bond donors (Lipinski definition) is 1. The number of halogens is 1. The number of amides is 1. The molecule has 4 aromatic rings.